The summed E-state index contributed by atoms with van der Waals surface area (Å²) in [6, 6.07) is 7.05. The Bertz CT molecular complexity index is 425. The lowest BCUT2D eigenvalue weighted by Crippen LogP contribution is -2.24. The molecule has 0 saturated heterocycles. The lowest BCUT2D eigenvalue weighted by atomic mass is 10.1. The van der Waals surface area contributed by atoms with Crippen LogP contribution in [0.5, 0.6) is 5.75 Å². The van der Waals surface area contributed by atoms with E-state index in [9.17, 15) is 4.79 Å². The highest BCUT2D eigenvalue weighted by Gasteiger charge is 2.15. The minimum absolute atomic E-state index is 0.0265. The number of hydrogen-bond acceptors (Lipinski definition) is 4. The van der Waals surface area contributed by atoms with Gasteiger partial charge in [-0.2, -0.15) is 0 Å². The Morgan fingerprint density at radius 1 is 1.14 bits per heavy atom. The number of carboxylic acid groups (broad SMARTS) is 1. The first kappa shape index (κ1) is 17.5. The van der Waals surface area contributed by atoms with Crippen molar-refractivity contribution in [3.05, 3.63) is 29.8 Å². The van der Waals surface area contributed by atoms with Crippen LogP contribution in [-0.2, 0) is 20.7 Å². The van der Waals surface area contributed by atoms with Gasteiger partial charge in [0, 0.05) is 13.7 Å². The van der Waals surface area contributed by atoms with E-state index in [1.165, 1.54) is 0 Å². The Morgan fingerprint density at radius 3 is 2.38 bits per heavy atom. The van der Waals surface area contributed by atoms with Crippen molar-refractivity contribution < 1.29 is 24.1 Å². The van der Waals surface area contributed by atoms with Crippen LogP contribution < -0.4 is 4.74 Å². The maximum absolute atomic E-state index is 10.6. The Kier molecular flexibility index (Phi) is 7.19. The van der Waals surface area contributed by atoms with E-state index in [1.807, 2.05) is 13.8 Å². The second kappa shape index (κ2) is 8.64. The molecular weight excluding hydrogens is 272 g/mol. The molecule has 1 aromatic carbocycles. The van der Waals surface area contributed by atoms with Gasteiger partial charge in [-0.05, 0) is 38.0 Å². The number of carboxylic acids is 1. The average molecular weight is 296 g/mol. The largest absolute Gasteiger partial charge is 0.491 e. The molecule has 0 unspecified atom stereocenters. The van der Waals surface area contributed by atoms with Crippen molar-refractivity contribution in [3.63, 3.8) is 0 Å². The second-order valence-corrected chi connectivity index (χ2v) is 5.39. The van der Waals surface area contributed by atoms with Gasteiger partial charge in [-0.3, -0.25) is 4.79 Å². The van der Waals surface area contributed by atoms with Crippen LogP contribution in [0.3, 0.4) is 0 Å². The highest BCUT2D eigenvalue weighted by atomic mass is 16.5. The summed E-state index contributed by atoms with van der Waals surface area (Å²) >= 11 is 0. The summed E-state index contributed by atoms with van der Waals surface area (Å²) in [6.07, 6.45) is 0.853. The maximum Gasteiger partial charge on any atom is 0.307 e. The fraction of sp³-hybridized carbons (Fsp3) is 0.562. The molecule has 0 bridgehead atoms. The van der Waals surface area contributed by atoms with E-state index >= 15 is 0 Å². The molecule has 0 spiro atoms. The number of methoxy groups -OCH3 is 1. The summed E-state index contributed by atoms with van der Waals surface area (Å²) in [7, 11) is 1.69. The number of carbonyl (C=O) groups is 1. The first-order valence-electron chi connectivity index (χ1n) is 6.99. The summed E-state index contributed by atoms with van der Waals surface area (Å²) < 4.78 is 16.3. The van der Waals surface area contributed by atoms with Gasteiger partial charge in [0.15, 0.2) is 0 Å². The molecule has 1 N–H and O–H groups in total. The van der Waals surface area contributed by atoms with Gasteiger partial charge in [-0.25, -0.2) is 0 Å². The maximum atomic E-state index is 10.6. The Balaban J connectivity index is 2.17. The van der Waals surface area contributed by atoms with Crippen molar-refractivity contribution >= 4 is 5.97 Å². The molecule has 0 aliphatic carbocycles. The number of hydrogen-bond donors (Lipinski definition) is 1. The van der Waals surface area contributed by atoms with Crippen LogP contribution in [0, 0.1) is 0 Å². The SMILES string of the molecule is COC(C)(C)CCOCCOc1ccc(CC(=O)O)cc1. The van der Waals surface area contributed by atoms with E-state index in [-0.39, 0.29) is 12.0 Å². The molecule has 0 saturated carbocycles. The minimum atomic E-state index is -0.837. The van der Waals surface area contributed by atoms with Crippen molar-refractivity contribution in [2.45, 2.75) is 32.3 Å². The Labute approximate surface area is 125 Å². The van der Waals surface area contributed by atoms with Gasteiger partial charge in [0.05, 0.1) is 18.6 Å². The summed E-state index contributed by atoms with van der Waals surface area (Å²) in [5.41, 5.74) is 0.591. The lowest BCUT2D eigenvalue weighted by molar-refractivity contribution is -0.136. The fourth-order valence-corrected chi connectivity index (χ4v) is 1.62. The summed E-state index contributed by atoms with van der Waals surface area (Å²) in [5.74, 6) is -0.124. The quantitative estimate of drug-likeness (QED) is 0.672. The molecule has 0 aliphatic heterocycles. The molecule has 118 valence electrons. The van der Waals surface area contributed by atoms with Gasteiger partial charge in [0.25, 0.3) is 0 Å². The highest BCUT2D eigenvalue weighted by molar-refractivity contribution is 5.70. The van der Waals surface area contributed by atoms with E-state index in [0.29, 0.717) is 25.6 Å². The molecule has 1 rings (SSSR count). The summed E-state index contributed by atoms with van der Waals surface area (Å²) in [5, 5.41) is 8.68. The van der Waals surface area contributed by atoms with Crippen molar-refractivity contribution in [1.82, 2.24) is 0 Å². The van der Waals surface area contributed by atoms with E-state index < -0.39 is 5.97 Å². The van der Waals surface area contributed by atoms with Crippen LogP contribution in [0.2, 0.25) is 0 Å². The summed E-state index contributed by atoms with van der Waals surface area (Å²) in [4.78, 5) is 10.6. The third-order valence-electron chi connectivity index (χ3n) is 3.18. The van der Waals surface area contributed by atoms with Crippen molar-refractivity contribution in [1.29, 1.82) is 0 Å². The molecule has 0 heterocycles. The summed E-state index contributed by atoms with van der Waals surface area (Å²) in [6.45, 7) is 5.64. The van der Waals surface area contributed by atoms with Gasteiger partial charge in [-0.15, -0.1) is 0 Å². The fourth-order valence-electron chi connectivity index (χ4n) is 1.62. The van der Waals surface area contributed by atoms with Crippen molar-refractivity contribution in [2.24, 2.45) is 0 Å². The monoisotopic (exact) mass is 296 g/mol. The minimum Gasteiger partial charge on any atom is -0.491 e. The van der Waals surface area contributed by atoms with Gasteiger partial charge in [0.1, 0.15) is 12.4 Å². The molecular formula is C16H24O5. The first-order valence-corrected chi connectivity index (χ1v) is 6.99. The number of benzene rings is 1. The lowest BCUT2D eigenvalue weighted by Gasteiger charge is -2.22. The predicted octanol–water partition coefficient (Wildman–Crippen LogP) is 2.52. The van der Waals surface area contributed by atoms with Gasteiger partial charge < -0.3 is 19.3 Å². The molecule has 0 fully saturated rings. The van der Waals surface area contributed by atoms with Crippen LogP contribution in [-0.4, -0.2) is 43.6 Å². The van der Waals surface area contributed by atoms with Gasteiger partial charge in [-0.1, -0.05) is 12.1 Å². The predicted molar refractivity (Wildman–Crippen MR) is 79.8 cm³/mol. The smallest absolute Gasteiger partial charge is 0.307 e. The number of ether oxygens (including phenoxy) is 3. The molecule has 5 nitrogen and oxygen atoms in total. The van der Waals surface area contributed by atoms with Crippen LogP contribution in [0.4, 0.5) is 0 Å². The van der Waals surface area contributed by atoms with Gasteiger partial charge >= 0.3 is 5.97 Å². The highest BCUT2D eigenvalue weighted by Crippen LogP contribution is 2.13. The third-order valence-corrected chi connectivity index (χ3v) is 3.18. The molecule has 0 aromatic heterocycles. The topological polar surface area (TPSA) is 65.0 Å². The van der Waals surface area contributed by atoms with E-state index in [4.69, 9.17) is 19.3 Å². The second-order valence-electron chi connectivity index (χ2n) is 5.39. The van der Waals surface area contributed by atoms with E-state index in [2.05, 4.69) is 0 Å². The Hall–Kier alpha value is -1.59. The molecule has 0 radical (unpaired) electrons. The first-order chi connectivity index (χ1) is 9.93. The zero-order valence-corrected chi connectivity index (χ0v) is 12.9. The molecule has 0 aliphatic rings. The van der Waals surface area contributed by atoms with Crippen LogP contribution >= 0.6 is 0 Å². The number of rotatable bonds is 10. The van der Waals surface area contributed by atoms with Crippen LogP contribution in [0.15, 0.2) is 24.3 Å². The van der Waals surface area contributed by atoms with Gasteiger partial charge in [0.2, 0.25) is 0 Å². The normalized spacial score (nSPS) is 11.4. The van der Waals surface area contributed by atoms with Crippen LogP contribution in [0.25, 0.3) is 0 Å². The zero-order chi connectivity index (χ0) is 15.7. The van der Waals surface area contributed by atoms with Crippen molar-refractivity contribution in [3.8, 4) is 5.75 Å². The molecule has 1 aromatic rings. The molecule has 0 amide bonds. The molecule has 0 atom stereocenters. The third kappa shape index (κ3) is 7.68. The van der Waals surface area contributed by atoms with Crippen molar-refractivity contribution in [2.75, 3.05) is 26.9 Å². The van der Waals surface area contributed by atoms with Crippen LogP contribution in [0.1, 0.15) is 25.8 Å². The molecule has 21 heavy (non-hydrogen) atoms. The number of aliphatic carboxylic acids is 1. The van der Waals surface area contributed by atoms with E-state index in [0.717, 1.165) is 12.0 Å². The standard InChI is InChI=1S/C16H24O5/c1-16(2,19-3)8-9-20-10-11-21-14-6-4-13(5-7-14)12-15(17)18/h4-7H,8-12H2,1-3H3,(H,17,18). The van der Waals surface area contributed by atoms with E-state index in [1.54, 1.807) is 31.4 Å². The Morgan fingerprint density at radius 2 is 1.81 bits per heavy atom. The average Bonchev–Trinajstić information content (AvgIpc) is 2.44. The zero-order valence-electron chi connectivity index (χ0n) is 12.9. The molecule has 5 heteroatoms.